The standard InChI is InChI=1S/C20H21F6N/c1-4-27(13(2)15-8-6-5-7-9-15)14(3)16-10-17(19(21,22)23)12-18(11-16)20(24,25)26/h5-14H,4H2,1-3H3/t13-,14?/m1/s1. The Labute approximate surface area is 154 Å². The number of benzene rings is 2. The third-order valence-corrected chi connectivity index (χ3v) is 4.73. The zero-order chi connectivity index (χ0) is 20.4. The molecule has 0 amide bonds. The molecule has 0 aliphatic rings. The predicted molar refractivity (Wildman–Crippen MR) is 92.1 cm³/mol. The van der Waals surface area contributed by atoms with Gasteiger partial charge in [-0.3, -0.25) is 4.90 Å². The largest absolute Gasteiger partial charge is 0.416 e. The number of rotatable bonds is 5. The van der Waals surface area contributed by atoms with Gasteiger partial charge in [0.05, 0.1) is 11.1 Å². The van der Waals surface area contributed by atoms with Crippen LogP contribution in [-0.2, 0) is 12.4 Å². The van der Waals surface area contributed by atoms with Gasteiger partial charge < -0.3 is 0 Å². The summed E-state index contributed by atoms with van der Waals surface area (Å²) in [5, 5.41) is 0. The van der Waals surface area contributed by atoms with Crippen LogP contribution in [0.2, 0.25) is 0 Å². The third kappa shape index (κ3) is 5.03. The Bertz CT molecular complexity index is 719. The highest BCUT2D eigenvalue weighted by Gasteiger charge is 2.37. The molecule has 0 bridgehead atoms. The zero-order valence-electron chi connectivity index (χ0n) is 15.2. The van der Waals surface area contributed by atoms with Crippen molar-refractivity contribution >= 4 is 0 Å². The normalized spacial score (nSPS) is 15.0. The molecule has 7 heteroatoms. The molecule has 0 heterocycles. The number of hydrogen-bond donors (Lipinski definition) is 0. The Morgan fingerprint density at radius 2 is 1.19 bits per heavy atom. The highest BCUT2D eigenvalue weighted by atomic mass is 19.4. The second kappa shape index (κ2) is 7.92. The Morgan fingerprint density at radius 1 is 0.741 bits per heavy atom. The van der Waals surface area contributed by atoms with Gasteiger partial charge in [0.2, 0.25) is 0 Å². The van der Waals surface area contributed by atoms with Gasteiger partial charge in [0.1, 0.15) is 0 Å². The first kappa shape index (κ1) is 21.3. The van der Waals surface area contributed by atoms with E-state index in [1.165, 1.54) is 0 Å². The first-order chi connectivity index (χ1) is 12.4. The van der Waals surface area contributed by atoms with E-state index >= 15 is 0 Å². The quantitative estimate of drug-likeness (QED) is 0.505. The van der Waals surface area contributed by atoms with Crippen LogP contribution in [0.15, 0.2) is 48.5 Å². The molecule has 0 fully saturated rings. The summed E-state index contributed by atoms with van der Waals surface area (Å²) in [6.45, 7) is 5.80. The molecular weight excluding hydrogens is 368 g/mol. The van der Waals surface area contributed by atoms with E-state index in [9.17, 15) is 26.3 Å². The summed E-state index contributed by atoms with van der Waals surface area (Å²) in [5.74, 6) is 0. The lowest BCUT2D eigenvalue weighted by Crippen LogP contribution is -2.30. The van der Waals surface area contributed by atoms with Crippen LogP contribution in [0.3, 0.4) is 0 Å². The molecule has 0 spiro atoms. The highest BCUT2D eigenvalue weighted by molar-refractivity contribution is 5.35. The Morgan fingerprint density at radius 3 is 1.59 bits per heavy atom. The molecule has 0 saturated carbocycles. The second-order valence-corrected chi connectivity index (χ2v) is 6.43. The molecule has 1 unspecified atom stereocenters. The SMILES string of the molecule is CCN(C(C)c1cc(C(F)(F)F)cc(C(F)(F)F)c1)[C@H](C)c1ccccc1. The van der Waals surface area contributed by atoms with Gasteiger partial charge in [-0.1, -0.05) is 37.3 Å². The molecule has 27 heavy (non-hydrogen) atoms. The predicted octanol–water partition coefficient (Wildman–Crippen LogP) is 6.87. The van der Waals surface area contributed by atoms with Crippen LogP contribution in [0, 0.1) is 0 Å². The van der Waals surface area contributed by atoms with Crippen LogP contribution in [0.1, 0.15) is 55.1 Å². The fourth-order valence-corrected chi connectivity index (χ4v) is 3.22. The lowest BCUT2D eigenvalue weighted by Gasteiger charge is -2.34. The van der Waals surface area contributed by atoms with E-state index in [1.54, 1.807) is 6.92 Å². The topological polar surface area (TPSA) is 3.24 Å². The van der Waals surface area contributed by atoms with Gasteiger partial charge in [0.25, 0.3) is 0 Å². The summed E-state index contributed by atoms with van der Waals surface area (Å²) in [4.78, 5) is 1.87. The molecule has 2 aromatic rings. The summed E-state index contributed by atoms with van der Waals surface area (Å²) in [5.41, 5.74) is -1.65. The number of hydrogen-bond acceptors (Lipinski definition) is 1. The van der Waals surface area contributed by atoms with Crippen LogP contribution in [0.4, 0.5) is 26.3 Å². The molecule has 0 N–H and O–H groups in total. The van der Waals surface area contributed by atoms with Gasteiger partial charge in [-0.05, 0) is 49.7 Å². The van der Waals surface area contributed by atoms with E-state index in [1.807, 2.05) is 49.1 Å². The number of alkyl halides is 6. The van der Waals surface area contributed by atoms with Crippen LogP contribution in [-0.4, -0.2) is 11.4 Å². The fourth-order valence-electron chi connectivity index (χ4n) is 3.22. The molecule has 0 radical (unpaired) electrons. The number of halogens is 6. The molecule has 0 saturated heterocycles. The fraction of sp³-hybridized carbons (Fsp3) is 0.400. The van der Waals surface area contributed by atoms with E-state index in [2.05, 4.69) is 0 Å². The molecule has 0 aliphatic heterocycles. The van der Waals surface area contributed by atoms with E-state index in [0.717, 1.165) is 17.7 Å². The highest BCUT2D eigenvalue weighted by Crippen LogP contribution is 2.39. The van der Waals surface area contributed by atoms with Crippen molar-refractivity contribution in [2.75, 3.05) is 6.54 Å². The van der Waals surface area contributed by atoms with Crippen molar-refractivity contribution in [3.8, 4) is 0 Å². The van der Waals surface area contributed by atoms with Crippen molar-refractivity contribution in [1.82, 2.24) is 4.90 Å². The second-order valence-electron chi connectivity index (χ2n) is 6.43. The minimum atomic E-state index is -4.85. The molecule has 2 atom stereocenters. The van der Waals surface area contributed by atoms with Crippen molar-refractivity contribution in [1.29, 1.82) is 0 Å². The first-order valence-corrected chi connectivity index (χ1v) is 8.55. The maximum Gasteiger partial charge on any atom is 0.416 e. The van der Waals surface area contributed by atoms with Gasteiger partial charge in [0.15, 0.2) is 0 Å². The molecular formula is C20H21F6N. The Balaban J connectivity index is 2.48. The van der Waals surface area contributed by atoms with Gasteiger partial charge in [-0.15, -0.1) is 0 Å². The minimum absolute atomic E-state index is 0.0122. The van der Waals surface area contributed by atoms with Crippen molar-refractivity contribution in [2.45, 2.75) is 45.2 Å². The van der Waals surface area contributed by atoms with Crippen LogP contribution >= 0.6 is 0 Å². The van der Waals surface area contributed by atoms with E-state index in [-0.39, 0.29) is 17.7 Å². The van der Waals surface area contributed by atoms with Gasteiger partial charge >= 0.3 is 12.4 Å². The Kier molecular flexibility index (Phi) is 6.24. The third-order valence-electron chi connectivity index (χ3n) is 4.73. The summed E-state index contributed by atoms with van der Waals surface area (Å²) in [6.07, 6.45) is -9.70. The van der Waals surface area contributed by atoms with E-state index in [0.29, 0.717) is 6.54 Å². The molecule has 2 rings (SSSR count). The number of nitrogens with zero attached hydrogens (tertiary/aromatic N) is 1. The van der Waals surface area contributed by atoms with E-state index in [4.69, 9.17) is 0 Å². The Hall–Kier alpha value is -2.02. The van der Waals surface area contributed by atoms with Gasteiger partial charge in [0, 0.05) is 12.1 Å². The maximum absolute atomic E-state index is 13.1. The molecule has 0 aliphatic carbocycles. The summed E-state index contributed by atoms with van der Waals surface area (Å²) in [7, 11) is 0. The molecule has 1 nitrogen and oxygen atoms in total. The molecule has 0 aromatic heterocycles. The summed E-state index contributed by atoms with van der Waals surface area (Å²) >= 11 is 0. The summed E-state index contributed by atoms with van der Waals surface area (Å²) in [6, 6.07) is 10.3. The smallest absolute Gasteiger partial charge is 0.290 e. The first-order valence-electron chi connectivity index (χ1n) is 8.55. The van der Waals surface area contributed by atoms with E-state index < -0.39 is 29.5 Å². The zero-order valence-corrected chi connectivity index (χ0v) is 15.2. The average Bonchev–Trinajstić information content (AvgIpc) is 2.61. The van der Waals surface area contributed by atoms with Gasteiger partial charge in [-0.2, -0.15) is 26.3 Å². The molecule has 148 valence electrons. The molecule has 2 aromatic carbocycles. The van der Waals surface area contributed by atoms with Crippen molar-refractivity contribution in [3.63, 3.8) is 0 Å². The van der Waals surface area contributed by atoms with Crippen molar-refractivity contribution in [2.24, 2.45) is 0 Å². The average molecular weight is 389 g/mol. The van der Waals surface area contributed by atoms with Gasteiger partial charge in [-0.25, -0.2) is 0 Å². The summed E-state index contributed by atoms with van der Waals surface area (Å²) < 4.78 is 78.8. The minimum Gasteiger partial charge on any atom is -0.290 e. The monoisotopic (exact) mass is 389 g/mol. The van der Waals surface area contributed by atoms with Crippen molar-refractivity contribution in [3.05, 3.63) is 70.8 Å². The van der Waals surface area contributed by atoms with Crippen LogP contribution < -0.4 is 0 Å². The lowest BCUT2D eigenvalue weighted by atomic mass is 9.97. The van der Waals surface area contributed by atoms with Crippen LogP contribution in [0.5, 0.6) is 0 Å². The maximum atomic E-state index is 13.1. The van der Waals surface area contributed by atoms with Crippen molar-refractivity contribution < 1.29 is 26.3 Å². The van der Waals surface area contributed by atoms with Crippen LogP contribution in [0.25, 0.3) is 0 Å². The lowest BCUT2D eigenvalue weighted by molar-refractivity contribution is -0.143.